The zero-order chi connectivity index (χ0) is 14.3. The van der Waals surface area contributed by atoms with E-state index in [2.05, 4.69) is 46.4 Å². The zero-order valence-electron chi connectivity index (χ0n) is 13.8. The Balaban J connectivity index is 1.86. The molecule has 0 aromatic heterocycles. The molecular formula is C17H33NO. The van der Waals surface area contributed by atoms with E-state index in [1.54, 1.807) is 0 Å². The number of hydrogen-bond acceptors (Lipinski definition) is 2. The van der Waals surface area contributed by atoms with E-state index in [1.807, 2.05) is 0 Å². The molecule has 1 saturated carbocycles. The van der Waals surface area contributed by atoms with Gasteiger partial charge in [-0.1, -0.05) is 34.6 Å². The number of piperidine rings is 1. The molecule has 0 aromatic rings. The zero-order valence-corrected chi connectivity index (χ0v) is 13.8. The van der Waals surface area contributed by atoms with Gasteiger partial charge in [0.15, 0.2) is 0 Å². The van der Waals surface area contributed by atoms with Crippen molar-refractivity contribution in [2.24, 2.45) is 16.7 Å². The van der Waals surface area contributed by atoms with Gasteiger partial charge in [-0.15, -0.1) is 0 Å². The fourth-order valence-corrected chi connectivity index (χ4v) is 4.05. The second-order valence-corrected chi connectivity index (χ2v) is 8.19. The van der Waals surface area contributed by atoms with Crippen LogP contribution in [0.1, 0.15) is 60.8 Å². The summed E-state index contributed by atoms with van der Waals surface area (Å²) in [6.45, 7) is 17.5. The second kappa shape index (κ2) is 5.37. The molecule has 1 aliphatic heterocycles. The molecule has 2 fully saturated rings. The van der Waals surface area contributed by atoms with E-state index in [4.69, 9.17) is 4.74 Å². The Morgan fingerprint density at radius 2 is 1.74 bits per heavy atom. The van der Waals surface area contributed by atoms with Gasteiger partial charge >= 0.3 is 0 Å². The molecule has 0 radical (unpaired) electrons. The van der Waals surface area contributed by atoms with Gasteiger partial charge in [0.1, 0.15) is 0 Å². The van der Waals surface area contributed by atoms with Gasteiger partial charge in [0.25, 0.3) is 0 Å². The summed E-state index contributed by atoms with van der Waals surface area (Å²) < 4.78 is 5.86. The number of hydrogen-bond donors (Lipinski definition) is 0. The van der Waals surface area contributed by atoms with E-state index >= 15 is 0 Å². The van der Waals surface area contributed by atoms with Gasteiger partial charge in [-0.2, -0.15) is 0 Å². The van der Waals surface area contributed by atoms with Crippen molar-refractivity contribution in [1.29, 1.82) is 0 Å². The highest BCUT2D eigenvalue weighted by Crippen LogP contribution is 2.47. The highest BCUT2D eigenvalue weighted by molar-refractivity contribution is 5.04. The molecule has 2 heteroatoms. The third-order valence-corrected chi connectivity index (χ3v) is 5.69. The van der Waals surface area contributed by atoms with Crippen LogP contribution in [0, 0.1) is 16.7 Å². The largest absolute Gasteiger partial charge is 0.378 e. The Bertz CT molecular complexity index is 297. The Hall–Kier alpha value is -0.0800. The SMILES string of the molecule is CCOC1CC(N2CCC(C(C)(C)C)CC2)C1(C)C. The lowest BCUT2D eigenvalue weighted by Gasteiger charge is -2.57. The van der Waals surface area contributed by atoms with Gasteiger partial charge in [-0.3, -0.25) is 4.90 Å². The first kappa shape index (κ1) is 15.3. The molecule has 2 rings (SSSR count). The fourth-order valence-electron chi connectivity index (χ4n) is 4.05. The molecular weight excluding hydrogens is 234 g/mol. The molecule has 1 heterocycles. The van der Waals surface area contributed by atoms with Crippen LogP contribution in [0.3, 0.4) is 0 Å². The summed E-state index contributed by atoms with van der Waals surface area (Å²) in [5.74, 6) is 0.898. The highest BCUT2D eigenvalue weighted by atomic mass is 16.5. The van der Waals surface area contributed by atoms with Crippen molar-refractivity contribution in [3.05, 3.63) is 0 Å². The van der Waals surface area contributed by atoms with Crippen molar-refractivity contribution in [3.63, 3.8) is 0 Å². The minimum atomic E-state index is 0.338. The maximum Gasteiger partial charge on any atom is 0.0655 e. The van der Waals surface area contributed by atoms with Gasteiger partial charge in [-0.25, -0.2) is 0 Å². The minimum absolute atomic E-state index is 0.338. The number of ether oxygens (including phenoxy) is 1. The predicted molar refractivity (Wildman–Crippen MR) is 81.4 cm³/mol. The van der Waals surface area contributed by atoms with Crippen LogP contribution < -0.4 is 0 Å². The first-order valence-electron chi connectivity index (χ1n) is 8.12. The van der Waals surface area contributed by atoms with E-state index in [-0.39, 0.29) is 0 Å². The minimum Gasteiger partial charge on any atom is -0.378 e. The van der Waals surface area contributed by atoms with E-state index in [0.717, 1.165) is 18.6 Å². The molecule has 19 heavy (non-hydrogen) atoms. The predicted octanol–water partition coefficient (Wildman–Crippen LogP) is 3.95. The Morgan fingerprint density at radius 1 is 1.16 bits per heavy atom. The van der Waals surface area contributed by atoms with Crippen LogP contribution in [0.25, 0.3) is 0 Å². The average molecular weight is 267 g/mol. The van der Waals surface area contributed by atoms with E-state index in [0.29, 0.717) is 16.9 Å². The normalized spacial score (nSPS) is 33.2. The third-order valence-electron chi connectivity index (χ3n) is 5.69. The van der Waals surface area contributed by atoms with E-state index in [1.165, 1.54) is 32.4 Å². The van der Waals surface area contributed by atoms with Gasteiger partial charge in [-0.05, 0) is 50.6 Å². The molecule has 0 amide bonds. The Morgan fingerprint density at radius 3 is 2.16 bits per heavy atom. The summed E-state index contributed by atoms with van der Waals surface area (Å²) in [5, 5.41) is 0. The van der Waals surface area contributed by atoms with Gasteiger partial charge in [0.05, 0.1) is 6.10 Å². The van der Waals surface area contributed by atoms with Crippen molar-refractivity contribution >= 4 is 0 Å². The van der Waals surface area contributed by atoms with E-state index < -0.39 is 0 Å². The van der Waals surface area contributed by atoms with Crippen LogP contribution in [0.15, 0.2) is 0 Å². The van der Waals surface area contributed by atoms with E-state index in [9.17, 15) is 0 Å². The average Bonchev–Trinajstić information content (AvgIpc) is 2.33. The van der Waals surface area contributed by atoms with Gasteiger partial charge < -0.3 is 4.74 Å². The lowest BCUT2D eigenvalue weighted by Crippen LogP contribution is -2.63. The first-order chi connectivity index (χ1) is 8.76. The van der Waals surface area contributed by atoms with Crippen molar-refractivity contribution in [2.75, 3.05) is 19.7 Å². The topological polar surface area (TPSA) is 12.5 Å². The summed E-state index contributed by atoms with van der Waals surface area (Å²) in [4.78, 5) is 2.73. The summed E-state index contributed by atoms with van der Waals surface area (Å²) in [6, 6.07) is 0.741. The van der Waals surface area contributed by atoms with Crippen LogP contribution in [0.2, 0.25) is 0 Å². The lowest BCUT2D eigenvalue weighted by molar-refractivity contribution is -0.155. The number of nitrogens with zero attached hydrogens (tertiary/aromatic N) is 1. The molecule has 1 saturated heterocycles. The van der Waals surface area contributed by atoms with Gasteiger partial charge in [0, 0.05) is 18.1 Å². The smallest absolute Gasteiger partial charge is 0.0655 e. The van der Waals surface area contributed by atoms with Crippen molar-refractivity contribution < 1.29 is 4.74 Å². The van der Waals surface area contributed by atoms with Crippen LogP contribution in [-0.4, -0.2) is 36.7 Å². The molecule has 2 unspecified atom stereocenters. The van der Waals surface area contributed by atoms with Crippen LogP contribution >= 0.6 is 0 Å². The summed E-state index contributed by atoms with van der Waals surface area (Å²) in [7, 11) is 0. The molecule has 0 spiro atoms. The highest BCUT2D eigenvalue weighted by Gasteiger charge is 2.51. The molecule has 0 aromatic carbocycles. The molecule has 0 N–H and O–H groups in total. The molecule has 1 aliphatic carbocycles. The third kappa shape index (κ3) is 3.00. The summed E-state index contributed by atoms with van der Waals surface area (Å²) in [5.41, 5.74) is 0.819. The van der Waals surface area contributed by atoms with Crippen LogP contribution in [0.5, 0.6) is 0 Å². The summed E-state index contributed by atoms with van der Waals surface area (Å²) in [6.07, 6.45) is 4.45. The molecule has 2 atom stereocenters. The maximum absolute atomic E-state index is 5.86. The number of likely N-dealkylation sites (tertiary alicyclic amines) is 1. The molecule has 112 valence electrons. The lowest BCUT2D eigenvalue weighted by atomic mass is 9.63. The standard InChI is InChI=1S/C17H33NO/c1-7-19-15-12-14(17(15,5)6)18-10-8-13(9-11-18)16(2,3)4/h13-15H,7-12H2,1-6H3. The van der Waals surface area contributed by atoms with Crippen molar-refractivity contribution in [3.8, 4) is 0 Å². The molecule has 2 aliphatic rings. The van der Waals surface area contributed by atoms with Crippen LogP contribution in [0.4, 0.5) is 0 Å². The quantitative estimate of drug-likeness (QED) is 0.768. The second-order valence-electron chi connectivity index (χ2n) is 8.19. The van der Waals surface area contributed by atoms with Crippen LogP contribution in [-0.2, 0) is 4.74 Å². The fraction of sp³-hybridized carbons (Fsp3) is 1.00. The maximum atomic E-state index is 5.86. The van der Waals surface area contributed by atoms with Gasteiger partial charge in [0.2, 0.25) is 0 Å². The van der Waals surface area contributed by atoms with Crippen molar-refractivity contribution in [1.82, 2.24) is 4.90 Å². The van der Waals surface area contributed by atoms with Crippen molar-refractivity contribution in [2.45, 2.75) is 73.0 Å². The Kier molecular flexibility index (Phi) is 4.32. The first-order valence-corrected chi connectivity index (χ1v) is 8.12. The monoisotopic (exact) mass is 267 g/mol. The number of rotatable bonds is 3. The Labute approximate surface area is 119 Å². The molecule has 0 bridgehead atoms. The molecule has 2 nitrogen and oxygen atoms in total. The summed E-state index contributed by atoms with van der Waals surface area (Å²) >= 11 is 0.